The SMILES string of the molecule is CC1CCC(c2cncc(Br)c2C(C)C)N1. The quantitative estimate of drug-likeness (QED) is 0.893. The lowest BCUT2D eigenvalue weighted by Gasteiger charge is -2.19. The Morgan fingerprint density at radius 1 is 1.38 bits per heavy atom. The van der Waals surface area contributed by atoms with Crippen molar-refractivity contribution >= 4 is 15.9 Å². The molecule has 1 aromatic heterocycles. The minimum absolute atomic E-state index is 0.484. The molecule has 88 valence electrons. The van der Waals surface area contributed by atoms with Gasteiger partial charge in [0.1, 0.15) is 0 Å². The van der Waals surface area contributed by atoms with Gasteiger partial charge in [0.05, 0.1) is 0 Å². The minimum atomic E-state index is 0.484. The summed E-state index contributed by atoms with van der Waals surface area (Å²) in [5.41, 5.74) is 2.77. The lowest BCUT2D eigenvalue weighted by Crippen LogP contribution is -2.22. The first-order chi connectivity index (χ1) is 7.59. The molecule has 0 aliphatic carbocycles. The van der Waals surface area contributed by atoms with Gasteiger partial charge >= 0.3 is 0 Å². The zero-order chi connectivity index (χ0) is 11.7. The van der Waals surface area contributed by atoms with Gasteiger partial charge in [0.2, 0.25) is 0 Å². The van der Waals surface area contributed by atoms with Crippen LogP contribution in [0.5, 0.6) is 0 Å². The summed E-state index contributed by atoms with van der Waals surface area (Å²) in [5, 5.41) is 3.63. The molecule has 0 bridgehead atoms. The minimum Gasteiger partial charge on any atom is -0.307 e. The van der Waals surface area contributed by atoms with E-state index < -0.39 is 0 Å². The first kappa shape index (κ1) is 12.1. The molecule has 2 nitrogen and oxygen atoms in total. The van der Waals surface area contributed by atoms with Crippen molar-refractivity contribution in [3.63, 3.8) is 0 Å². The maximum absolute atomic E-state index is 4.31. The highest BCUT2D eigenvalue weighted by Gasteiger charge is 2.25. The average molecular weight is 283 g/mol. The topological polar surface area (TPSA) is 24.9 Å². The molecular weight excluding hydrogens is 264 g/mol. The van der Waals surface area contributed by atoms with Gasteiger partial charge < -0.3 is 5.32 Å². The van der Waals surface area contributed by atoms with Gasteiger partial charge in [0.25, 0.3) is 0 Å². The molecule has 1 aliphatic rings. The molecule has 0 spiro atoms. The first-order valence-electron chi connectivity index (χ1n) is 5.99. The number of nitrogens with zero attached hydrogens (tertiary/aromatic N) is 1. The molecule has 1 saturated heterocycles. The number of nitrogens with one attached hydrogen (secondary N) is 1. The van der Waals surface area contributed by atoms with Gasteiger partial charge in [-0.15, -0.1) is 0 Å². The molecule has 0 aromatic carbocycles. The molecule has 3 heteroatoms. The van der Waals surface area contributed by atoms with E-state index >= 15 is 0 Å². The number of halogens is 1. The van der Waals surface area contributed by atoms with Gasteiger partial charge in [-0.1, -0.05) is 13.8 Å². The zero-order valence-corrected chi connectivity index (χ0v) is 11.7. The van der Waals surface area contributed by atoms with Crippen LogP contribution in [-0.2, 0) is 0 Å². The summed E-state index contributed by atoms with van der Waals surface area (Å²) in [6, 6.07) is 1.11. The van der Waals surface area contributed by atoms with E-state index in [1.807, 2.05) is 12.4 Å². The molecular formula is C13H19BrN2. The predicted octanol–water partition coefficient (Wildman–Crippen LogP) is 3.78. The number of rotatable bonds is 2. The fourth-order valence-corrected chi connectivity index (χ4v) is 3.32. The third-order valence-electron chi connectivity index (χ3n) is 3.30. The highest BCUT2D eigenvalue weighted by molar-refractivity contribution is 9.10. The van der Waals surface area contributed by atoms with Crippen molar-refractivity contribution in [2.45, 2.75) is 51.6 Å². The van der Waals surface area contributed by atoms with Crippen LogP contribution in [0.1, 0.15) is 56.7 Å². The largest absolute Gasteiger partial charge is 0.307 e. The highest BCUT2D eigenvalue weighted by Crippen LogP contribution is 2.35. The standard InChI is InChI=1S/C13H19BrN2/c1-8(2)13-10(6-15-7-11(13)14)12-5-4-9(3)16-12/h6-9,12,16H,4-5H2,1-3H3. The van der Waals surface area contributed by atoms with E-state index in [4.69, 9.17) is 0 Å². The molecule has 16 heavy (non-hydrogen) atoms. The van der Waals surface area contributed by atoms with Crippen molar-refractivity contribution in [3.8, 4) is 0 Å². The van der Waals surface area contributed by atoms with Crippen molar-refractivity contribution in [1.29, 1.82) is 0 Å². The van der Waals surface area contributed by atoms with Gasteiger partial charge in [-0.2, -0.15) is 0 Å². The van der Waals surface area contributed by atoms with Crippen LogP contribution in [0.4, 0.5) is 0 Å². The smallest absolute Gasteiger partial charge is 0.0413 e. The number of hydrogen-bond acceptors (Lipinski definition) is 2. The van der Waals surface area contributed by atoms with Crippen molar-refractivity contribution in [3.05, 3.63) is 28.0 Å². The Morgan fingerprint density at radius 3 is 2.69 bits per heavy atom. The second kappa shape index (κ2) is 4.84. The number of hydrogen-bond donors (Lipinski definition) is 1. The van der Waals surface area contributed by atoms with Crippen LogP contribution in [0.3, 0.4) is 0 Å². The molecule has 0 saturated carbocycles. The van der Waals surface area contributed by atoms with Crippen molar-refractivity contribution < 1.29 is 0 Å². The summed E-state index contributed by atoms with van der Waals surface area (Å²) in [5.74, 6) is 0.532. The lowest BCUT2D eigenvalue weighted by molar-refractivity contribution is 0.576. The molecule has 1 fully saturated rings. The van der Waals surface area contributed by atoms with Crippen LogP contribution in [0.15, 0.2) is 16.9 Å². The second-order valence-electron chi connectivity index (χ2n) is 4.98. The zero-order valence-electron chi connectivity index (χ0n) is 10.1. The third kappa shape index (κ3) is 2.30. The van der Waals surface area contributed by atoms with E-state index in [1.54, 1.807) is 0 Å². The molecule has 2 rings (SSSR count). The van der Waals surface area contributed by atoms with Gasteiger partial charge in [0.15, 0.2) is 0 Å². The molecule has 1 aliphatic heterocycles. The first-order valence-corrected chi connectivity index (χ1v) is 6.78. The Balaban J connectivity index is 2.36. The van der Waals surface area contributed by atoms with Crippen molar-refractivity contribution in [2.24, 2.45) is 0 Å². The van der Waals surface area contributed by atoms with E-state index in [1.165, 1.54) is 24.0 Å². The van der Waals surface area contributed by atoms with Crippen LogP contribution >= 0.6 is 15.9 Å². The monoisotopic (exact) mass is 282 g/mol. The van der Waals surface area contributed by atoms with E-state index in [-0.39, 0.29) is 0 Å². The summed E-state index contributed by atoms with van der Waals surface area (Å²) in [6.45, 7) is 6.73. The van der Waals surface area contributed by atoms with Crippen LogP contribution < -0.4 is 5.32 Å². The maximum Gasteiger partial charge on any atom is 0.0413 e. The molecule has 2 atom stereocenters. The Bertz CT molecular complexity index is 376. The van der Waals surface area contributed by atoms with Crippen molar-refractivity contribution in [1.82, 2.24) is 10.3 Å². The lowest BCUT2D eigenvalue weighted by atomic mass is 9.94. The van der Waals surface area contributed by atoms with Crippen LogP contribution in [0, 0.1) is 0 Å². The third-order valence-corrected chi connectivity index (χ3v) is 3.93. The fraction of sp³-hybridized carbons (Fsp3) is 0.615. The predicted molar refractivity (Wildman–Crippen MR) is 70.6 cm³/mol. The van der Waals surface area contributed by atoms with Crippen LogP contribution in [0.25, 0.3) is 0 Å². The molecule has 2 heterocycles. The normalized spacial score (nSPS) is 25.3. The Hall–Kier alpha value is -0.410. The Morgan fingerprint density at radius 2 is 2.12 bits per heavy atom. The summed E-state index contributed by atoms with van der Waals surface area (Å²) >= 11 is 3.62. The molecule has 2 unspecified atom stereocenters. The van der Waals surface area contributed by atoms with E-state index in [0.29, 0.717) is 18.0 Å². The number of aromatic nitrogens is 1. The fourth-order valence-electron chi connectivity index (χ4n) is 2.52. The molecule has 0 radical (unpaired) electrons. The Kier molecular flexibility index (Phi) is 3.65. The molecule has 1 N–H and O–H groups in total. The molecule has 0 amide bonds. The Labute approximate surface area is 106 Å². The van der Waals surface area contributed by atoms with E-state index in [9.17, 15) is 0 Å². The van der Waals surface area contributed by atoms with E-state index in [0.717, 1.165) is 4.47 Å². The van der Waals surface area contributed by atoms with Gasteiger partial charge in [-0.25, -0.2) is 0 Å². The summed E-state index contributed by atoms with van der Waals surface area (Å²) in [6.07, 6.45) is 6.40. The van der Waals surface area contributed by atoms with Gasteiger partial charge in [0, 0.05) is 29.0 Å². The maximum atomic E-state index is 4.31. The average Bonchev–Trinajstić information content (AvgIpc) is 2.63. The second-order valence-corrected chi connectivity index (χ2v) is 5.83. The van der Waals surface area contributed by atoms with Crippen LogP contribution in [0.2, 0.25) is 0 Å². The summed E-state index contributed by atoms with van der Waals surface area (Å²) in [7, 11) is 0. The van der Waals surface area contributed by atoms with Crippen LogP contribution in [-0.4, -0.2) is 11.0 Å². The summed E-state index contributed by atoms with van der Waals surface area (Å²) in [4.78, 5) is 4.31. The van der Waals surface area contributed by atoms with E-state index in [2.05, 4.69) is 47.0 Å². The summed E-state index contributed by atoms with van der Waals surface area (Å²) < 4.78 is 1.14. The van der Waals surface area contributed by atoms with Gasteiger partial charge in [-0.05, 0) is 52.7 Å². The highest BCUT2D eigenvalue weighted by atomic mass is 79.9. The molecule has 1 aromatic rings. The van der Waals surface area contributed by atoms with Crippen molar-refractivity contribution in [2.75, 3.05) is 0 Å². The number of pyridine rings is 1. The van der Waals surface area contributed by atoms with Gasteiger partial charge in [-0.3, -0.25) is 4.98 Å².